The third-order valence-corrected chi connectivity index (χ3v) is 3.42. The Labute approximate surface area is 116 Å². The van der Waals surface area contributed by atoms with Crippen molar-refractivity contribution in [2.75, 3.05) is 5.32 Å². The third-order valence-electron chi connectivity index (χ3n) is 3.42. The Balaban J connectivity index is 2.03. The van der Waals surface area contributed by atoms with E-state index in [-0.39, 0.29) is 0 Å². The van der Waals surface area contributed by atoms with Crippen molar-refractivity contribution in [3.63, 3.8) is 0 Å². The fourth-order valence-corrected chi connectivity index (χ4v) is 2.38. The van der Waals surface area contributed by atoms with E-state index in [9.17, 15) is 0 Å². The zero-order valence-corrected chi connectivity index (χ0v) is 12.5. The number of ether oxygens (including phenoxy) is 2. The maximum absolute atomic E-state index is 5.77. The van der Waals surface area contributed by atoms with Crippen LogP contribution < -0.4 is 14.8 Å². The maximum Gasteiger partial charge on any atom is 0.246 e. The van der Waals surface area contributed by atoms with Crippen LogP contribution in [0.5, 0.6) is 11.5 Å². The Morgan fingerprint density at radius 3 is 2.58 bits per heavy atom. The molecule has 1 aliphatic rings. The lowest BCUT2D eigenvalue weighted by Crippen LogP contribution is -2.29. The monoisotopic (exact) mass is 263 g/mol. The Morgan fingerprint density at radius 2 is 1.89 bits per heavy atom. The SMILES string of the molecule is CCCCC(CC)Nc1ccc2c(c1)OC(C)(C)O2. The maximum atomic E-state index is 5.77. The van der Waals surface area contributed by atoms with Gasteiger partial charge in [0.05, 0.1) is 0 Å². The summed E-state index contributed by atoms with van der Waals surface area (Å²) >= 11 is 0. The average molecular weight is 263 g/mol. The fraction of sp³-hybridized carbons (Fsp3) is 0.625. The van der Waals surface area contributed by atoms with E-state index in [4.69, 9.17) is 9.47 Å². The van der Waals surface area contributed by atoms with E-state index in [2.05, 4.69) is 25.2 Å². The minimum Gasteiger partial charge on any atom is -0.449 e. The van der Waals surface area contributed by atoms with E-state index in [1.807, 2.05) is 26.0 Å². The van der Waals surface area contributed by atoms with Gasteiger partial charge in [-0.25, -0.2) is 0 Å². The van der Waals surface area contributed by atoms with Gasteiger partial charge in [-0.05, 0) is 25.0 Å². The molecule has 1 aromatic carbocycles. The van der Waals surface area contributed by atoms with Gasteiger partial charge in [0, 0.05) is 31.6 Å². The second-order valence-corrected chi connectivity index (χ2v) is 5.66. The number of nitrogens with one attached hydrogen (secondary N) is 1. The Kier molecular flexibility index (Phi) is 4.23. The van der Waals surface area contributed by atoms with Gasteiger partial charge >= 0.3 is 0 Å². The summed E-state index contributed by atoms with van der Waals surface area (Å²) in [5.74, 6) is 1.12. The first kappa shape index (κ1) is 14.0. The molecule has 0 spiro atoms. The Bertz CT molecular complexity index is 429. The Hall–Kier alpha value is -1.38. The molecule has 0 fully saturated rings. The van der Waals surface area contributed by atoms with Crippen LogP contribution in [0.25, 0.3) is 0 Å². The number of rotatable bonds is 6. The molecular weight excluding hydrogens is 238 g/mol. The molecule has 0 amide bonds. The number of hydrogen-bond acceptors (Lipinski definition) is 3. The molecule has 1 N–H and O–H groups in total. The highest BCUT2D eigenvalue weighted by atomic mass is 16.7. The zero-order valence-electron chi connectivity index (χ0n) is 12.5. The molecule has 19 heavy (non-hydrogen) atoms. The molecule has 1 unspecified atom stereocenters. The topological polar surface area (TPSA) is 30.5 Å². The van der Waals surface area contributed by atoms with Crippen molar-refractivity contribution in [1.29, 1.82) is 0 Å². The van der Waals surface area contributed by atoms with E-state index in [1.54, 1.807) is 0 Å². The van der Waals surface area contributed by atoms with E-state index in [0.29, 0.717) is 6.04 Å². The zero-order chi connectivity index (χ0) is 13.9. The van der Waals surface area contributed by atoms with Crippen LogP contribution in [0.15, 0.2) is 18.2 Å². The summed E-state index contributed by atoms with van der Waals surface area (Å²) in [5.41, 5.74) is 1.11. The van der Waals surface area contributed by atoms with E-state index in [0.717, 1.165) is 23.6 Å². The van der Waals surface area contributed by atoms with E-state index < -0.39 is 5.79 Å². The molecule has 106 valence electrons. The van der Waals surface area contributed by atoms with Gasteiger partial charge in [-0.15, -0.1) is 0 Å². The van der Waals surface area contributed by atoms with Crippen molar-refractivity contribution >= 4 is 5.69 Å². The van der Waals surface area contributed by atoms with Gasteiger partial charge in [-0.3, -0.25) is 0 Å². The number of anilines is 1. The Morgan fingerprint density at radius 1 is 1.16 bits per heavy atom. The minimum absolute atomic E-state index is 0.535. The lowest BCUT2D eigenvalue weighted by molar-refractivity contribution is -0.0431. The predicted octanol–water partition coefficient (Wildman–Crippen LogP) is 4.57. The molecule has 0 aromatic heterocycles. The third kappa shape index (κ3) is 3.55. The van der Waals surface area contributed by atoms with Gasteiger partial charge in [-0.1, -0.05) is 26.7 Å². The molecule has 0 bridgehead atoms. The van der Waals surface area contributed by atoms with Crippen LogP contribution in [-0.2, 0) is 0 Å². The van der Waals surface area contributed by atoms with Crippen molar-refractivity contribution in [1.82, 2.24) is 0 Å². The fourth-order valence-electron chi connectivity index (χ4n) is 2.38. The van der Waals surface area contributed by atoms with Crippen molar-refractivity contribution in [2.45, 2.75) is 65.2 Å². The molecule has 1 aromatic rings. The first-order valence-electron chi connectivity index (χ1n) is 7.32. The molecule has 3 nitrogen and oxygen atoms in total. The van der Waals surface area contributed by atoms with Crippen LogP contribution >= 0.6 is 0 Å². The molecule has 1 aliphatic heterocycles. The van der Waals surface area contributed by atoms with Crippen LogP contribution in [0.3, 0.4) is 0 Å². The number of hydrogen-bond donors (Lipinski definition) is 1. The van der Waals surface area contributed by atoms with E-state index >= 15 is 0 Å². The van der Waals surface area contributed by atoms with E-state index in [1.165, 1.54) is 19.3 Å². The van der Waals surface area contributed by atoms with Crippen LogP contribution in [-0.4, -0.2) is 11.8 Å². The largest absolute Gasteiger partial charge is 0.449 e. The quantitative estimate of drug-likeness (QED) is 0.815. The summed E-state index contributed by atoms with van der Waals surface area (Å²) in [6, 6.07) is 6.63. The van der Waals surface area contributed by atoms with Gasteiger partial charge in [0.1, 0.15) is 0 Å². The second-order valence-electron chi connectivity index (χ2n) is 5.66. The van der Waals surface area contributed by atoms with Crippen molar-refractivity contribution in [2.24, 2.45) is 0 Å². The van der Waals surface area contributed by atoms with Crippen LogP contribution in [0.2, 0.25) is 0 Å². The van der Waals surface area contributed by atoms with Gasteiger partial charge in [0.2, 0.25) is 5.79 Å². The van der Waals surface area contributed by atoms with Crippen molar-refractivity contribution < 1.29 is 9.47 Å². The molecule has 0 saturated carbocycles. The summed E-state index contributed by atoms with van der Waals surface area (Å²) in [5, 5.41) is 3.58. The molecular formula is C16H25NO2. The molecule has 0 saturated heterocycles. The average Bonchev–Trinajstić information content (AvgIpc) is 2.67. The predicted molar refractivity (Wildman–Crippen MR) is 79.0 cm³/mol. The second kappa shape index (κ2) is 5.72. The number of fused-ring (bicyclic) bond motifs is 1. The van der Waals surface area contributed by atoms with Crippen LogP contribution in [0.4, 0.5) is 5.69 Å². The van der Waals surface area contributed by atoms with Crippen molar-refractivity contribution in [3.05, 3.63) is 18.2 Å². The van der Waals surface area contributed by atoms with Crippen LogP contribution in [0.1, 0.15) is 53.4 Å². The summed E-state index contributed by atoms with van der Waals surface area (Å²) in [6.45, 7) is 8.31. The first-order valence-corrected chi connectivity index (χ1v) is 7.32. The number of unbranched alkanes of at least 4 members (excludes halogenated alkanes) is 1. The summed E-state index contributed by atoms with van der Waals surface area (Å²) in [7, 11) is 0. The van der Waals surface area contributed by atoms with Crippen LogP contribution in [0, 0.1) is 0 Å². The smallest absolute Gasteiger partial charge is 0.246 e. The molecule has 1 atom stereocenters. The number of benzene rings is 1. The highest BCUT2D eigenvalue weighted by Crippen LogP contribution is 2.40. The normalized spacial score (nSPS) is 17.3. The lowest BCUT2D eigenvalue weighted by atomic mass is 10.1. The first-order chi connectivity index (χ1) is 9.04. The molecule has 0 radical (unpaired) electrons. The lowest BCUT2D eigenvalue weighted by Gasteiger charge is -2.18. The van der Waals surface area contributed by atoms with Gasteiger partial charge < -0.3 is 14.8 Å². The van der Waals surface area contributed by atoms with Crippen molar-refractivity contribution in [3.8, 4) is 11.5 Å². The summed E-state index contributed by atoms with van der Waals surface area (Å²) in [6.07, 6.45) is 4.86. The highest BCUT2D eigenvalue weighted by Gasteiger charge is 2.31. The highest BCUT2D eigenvalue weighted by molar-refractivity contribution is 5.56. The summed E-state index contributed by atoms with van der Waals surface area (Å²) in [4.78, 5) is 0. The standard InChI is InChI=1S/C16H25NO2/c1-5-7-8-12(6-2)17-13-9-10-14-15(11-13)19-16(3,4)18-14/h9-12,17H,5-8H2,1-4H3. The summed E-state index contributed by atoms with van der Waals surface area (Å²) < 4.78 is 11.5. The van der Waals surface area contributed by atoms with Gasteiger partial charge in [0.15, 0.2) is 11.5 Å². The molecule has 2 rings (SSSR count). The van der Waals surface area contributed by atoms with Gasteiger partial charge in [0.25, 0.3) is 0 Å². The minimum atomic E-state index is -0.548. The molecule has 1 heterocycles. The van der Waals surface area contributed by atoms with Gasteiger partial charge in [-0.2, -0.15) is 0 Å². The molecule has 3 heteroatoms. The molecule has 0 aliphatic carbocycles.